The maximum absolute atomic E-state index is 14.6. The summed E-state index contributed by atoms with van der Waals surface area (Å²) < 4.78 is 29.2. The molecule has 8 heteroatoms. The van der Waals surface area contributed by atoms with Crippen LogP contribution in [-0.2, 0) is 11.4 Å². The van der Waals surface area contributed by atoms with E-state index in [0.717, 1.165) is 65.9 Å². The lowest BCUT2D eigenvalue weighted by Crippen LogP contribution is -1.88. The molecule has 0 spiro atoms. The molecule has 7 rings (SSSR count). The second kappa shape index (κ2) is 8.93. The standard InChI is InChI=1S/C30H19FN4OS2/c1-16-3-6-19(7-4-16)23-13-14-24(37-23)26-28-27(32-36-33-28)25(29-30(26)35-38-34-29)20-10-8-18(9-11-20)21-12-5-17(2)15-22(21)31/h3-15H,1-2H3. The third-order valence-corrected chi connectivity index (χ3v) is 8.40. The van der Waals surface area contributed by atoms with E-state index in [4.69, 9.17) is 4.63 Å². The molecule has 0 saturated carbocycles. The van der Waals surface area contributed by atoms with Gasteiger partial charge in [0.15, 0.2) is 0 Å². The zero-order valence-corrected chi connectivity index (χ0v) is 22.0. The van der Waals surface area contributed by atoms with Crippen LogP contribution in [0.5, 0.6) is 0 Å². The largest absolute Gasteiger partial charge is 0.243 e. The predicted molar refractivity (Wildman–Crippen MR) is 152 cm³/mol. The number of rotatable bonds is 4. The van der Waals surface area contributed by atoms with Gasteiger partial charge in [0.25, 0.3) is 0 Å². The number of hydrogen-bond acceptors (Lipinski definition) is 6. The molecule has 0 amide bonds. The number of halogens is 1. The van der Waals surface area contributed by atoms with Crippen molar-refractivity contribution >= 4 is 45.1 Å². The smallest absolute Gasteiger partial charge is 0.146 e. The van der Waals surface area contributed by atoms with Crippen LogP contribution in [-0.4, -0.2) is 10.3 Å². The second-order valence-corrected chi connectivity index (χ2v) is 10.9. The minimum absolute atomic E-state index is 0.239. The average Bonchev–Trinajstić information content (AvgIpc) is 3.69. The van der Waals surface area contributed by atoms with Gasteiger partial charge in [-0.2, -0.15) is 8.73 Å². The van der Waals surface area contributed by atoms with E-state index in [1.807, 2.05) is 43.3 Å². The first-order valence-corrected chi connectivity index (χ1v) is 13.6. The Kier molecular flexibility index (Phi) is 5.38. The predicted octanol–water partition coefficient (Wildman–Crippen LogP) is 9.43. The summed E-state index contributed by atoms with van der Waals surface area (Å²) in [7, 11) is 0. The minimum Gasteiger partial charge on any atom is -0.243 e. The van der Waals surface area contributed by atoms with E-state index >= 15 is 0 Å². The number of benzene rings is 4. The lowest BCUT2D eigenvalue weighted by molar-refractivity contribution is 0.315. The number of fused-ring (bicyclic) bond motifs is 2. The molecule has 0 atom stereocenters. The molecule has 0 unspecified atom stereocenters. The Morgan fingerprint density at radius 3 is 1.97 bits per heavy atom. The van der Waals surface area contributed by atoms with Gasteiger partial charge in [-0.05, 0) is 64.6 Å². The summed E-state index contributed by atoms with van der Waals surface area (Å²) in [5.41, 5.74) is 9.98. The highest BCUT2D eigenvalue weighted by Gasteiger charge is 2.27. The Morgan fingerprint density at radius 2 is 1.24 bits per heavy atom. The highest BCUT2D eigenvalue weighted by molar-refractivity contribution is 7.58. The van der Waals surface area contributed by atoms with E-state index in [9.17, 15) is 4.39 Å². The first-order chi connectivity index (χ1) is 18.6. The van der Waals surface area contributed by atoms with E-state index < -0.39 is 0 Å². The molecule has 0 fully saturated rings. The number of nitrogens with zero attached hydrogens (tertiary/aromatic N) is 4. The fourth-order valence-corrected chi connectivity index (χ4v) is 6.40. The number of hydrogen-bond donors (Lipinski definition) is 0. The van der Waals surface area contributed by atoms with Crippen LogP contribution in [0.2, 0.25) is 0 Å². The summed E-state index contributed by atoms with van der Waals surface area (Å²) in [5.74, 6) is -0.239. The van der Waals surface area contributed by atoms with E-state index in [-0.39, 0.29) is 5.82 Å². The Labute approximate surface area is 225 Å². The molecule has 2 aromatic heterocycles. The molecule has 0 aliphatic carbocycles. The summed E-state index contributed by atoms with van der Waals surface area (Å²) in [5, 5.41) is 8.58. The van der Waals surface area contributed by atoms with Crippen LogP contribution >= 0.6 is 11.3 Å². The van der Waals surface area contributed by atoms with Gasteiger partial charge in [-0.25, -0.2) is 9.02 Å². The molecule has 184 valence electrons. The van der Waals surface area contributed by atoms with E-state index in [1.54, 1.807) is 17.4 Å². The van der Waals surface area contributed by atoms with Crippen LogP contribution < -0.4 is 0 Å². The molecule has 0 N–H and O–H groups in total. The number of aryl methyl sites for hydroxylation is 2. The first kappa shape index (κ1) is 22.9. The molecule has 6 aromatic rings. The Bertz CT molecular complexity index is 1930. The molecular weight excluding hydrogens is 515 g/mol. The zero-order valence-electron chi connectivity index (χ0n) is 20.4. The SMILES string of the molecule is Cc1ccc(-c2ccc(-c3c4c(c(-c5ccc(-c6ccc(C)cc6F)cc5)c5nonc35)N=S=N4)s2)cc1. The lowest BCUT2D eigenvalue weighted by Gasteiger charge is -2.11. The van der Waals surface area contributed by atoms with Crippen molar-refractivity contribution in [3.8, 4) is 43.1 Å². The molecule has 1 aliphatic heterocycles. The quantitative estimate of drug-likeness (QED) is 0.226. The molecule has 0 radical (unpaired) electrons. The fraction of sp³-hybridized carbons (Fsp3) is 0.0667. The molecule has 0 saturated heterocycles. The van der Waals surface area contributed by atoms with Crippen molar-refractivity contribution in [2.24, 2.45) is 8.73 Å². The highest BCUT2D eigenvalue weighted by Crippen LogP contribution is 2.53. The maximum Gasteiger partial charge on any atom is 0.146 e. The van der Waals surface area contributed by atoms with Crippen LogP contribution in [0, 0.1) is 19.7 Å². The van der Waals surface area contributed by atoms with Crippen molar-refractivity contribution in [2.45, 2.75) is 13.8 Å². The second-order valence-electron chi connectivity index (χ2n) is 9.26. The van der Waals surface area contributed by atoms with Crippen LogP contribution in [0.25, 0.3) is 54.2 Å². The lowest BCUT2D eigenvalue weighted by atomic mass is 9.95. The summed E-state index contributed by atoms with van der Waals surface area (Å²) in [6.45, 7) is 3.96. The molecular formula is C30H19FN4OS2. The van der Waals surface area contributed by atoms with Crippen LogP contribution in [0.15, 0.2) is 92.2 Å². The van der Waals surface area contributed by atoms with Crippen molar-refractivity contribution in [3.63, 3.8) is 0 Å². The number of thiophene rings is 1. The van der Waals surface area contributed by atoms with Crippen molar-refractivity contribution in [1.29, 1.82) is 0 Å². The summed E-state index contributed by atoms with van der Waals surface area (Å²) in [4.78, 5) is 2.18. The van der Waals surface area contributed by atoms with E-state index in [2.05, 4.69) is 62.4 Å². The first-order valence-electron chi connectivity index (χ1n) is 12.0. The monoisotopic (exact) mass is 534 g/mol. The maximum atomic E-state index is 14.6. The van der Waals surface area contributed by atoms with Gasteiger partial charge in [0.05, 0.1) is 16.9 Å². The average molecular weight is 535 g/mol. The molecule has 5 nitrogen and oxygen atoms in total. The highest BCUT2D eigenvalue weighted by atomic mass is 32.1. The van der Waals surface area contributed by atoms with Crippen molar-refractivity contribution in [1.82, 2.24) is 10.3 Å². The third-order valence-electron chi connectivity index (χ3n) is 6.72. The van der Waals surface area contributed by atoms with Gasteiger partial charge in [-0.3, -0.25) is 0 Å². The Hall–Kier alpha value is -4.27. The van der Waals surface area contributed by atoms with E-state index in [1.165, 1.54) is 5.56 Å². The Balaban J connectivity index is 1.35. The summed E-state index contributed by atoms with van der Waals surface area (Å²) >= 11 is 2.84. The van der Waals surface area contributed by atoms with Crippen LogP contribution in [0.4, 0.5) is 15.8 Å². The van der Waals surface area contributed by atoms with Gasteiger partial charge in [0, 0.05) is 20.9 Å². The van der Waals surface area contributed by atoms with Gasteiger partial charge < -0.3 is 0 Å². The third kappa shape index (κ3) is 3.72. The Morgan fingerprint density at radius 1 is 0.632 bits per heavy atom. The van der Waals surface area contributed by atoms with Crippen LogP contribution in [0.3, 0.4) is 0 Å². The van der Waals surface area contributed by atoms with Crippen molar-refractivity contribution in [3.05, 3.63) is 95.8 Å². The van der Waals surface area contributed by atoms with Gasteiger partial charge in [-0.15, -0.1) is 11.3 Å². The zero-order chi connectivity index (χ0) is 25.8. The van der Waals surface area contributed by atoms with Gasteiger partial charge in [0.1, 0.15) is 28.2 Å². The number of aromatic nitrogens is 2. The van der Waals surface area contributed by atoms with Crippen LogP contribution in [0.1, 0.15) is 11.1 Å². The van der Waals surface area contributed by atoms with Gasteiger partial charge in [0.2, 0.25) is 0 Å². The molecule has 3 heterocycles. The normalized spacial score (nSPS) is 12.2. The molecule has 4 aromatic carbocycles. The van der Waals surface area contributed by atoms with E-state index in [0.29, 0.717) is 16.6 Å². The molecule has 0 bridgehead atoms. The van der Waals surface area contributed by atoms with Gasteiger partial charge >= 0.3 is 0 Å². The van der Waals surface area contributed by atoms with Gasteiger partial charge in [-0.1, -0.05) is 66.2 Å². The topological polar surface area (TPSA) is 63.6 Å². The molecule has 1 aliphatic rings. The van der Waals surface area contributed by atoms with Crippen molar-refractivity contribution < 1.29 is 9.02 Å². The minimum atomic E-state index is -0.239. The summed E-state index contributed by atoms with van der Waals surface area (Å²) in [6.07, 6.45) is 0. The molecule has 38 heavy (non-hydrogen) atoms. The van der Waals surface area contributed by atoms with Crippen molar-refractivity contribution in [2.75, 3.05) is 0 Å². The summed E-state index contributed by atoms with van der Waals surface area (Å²) in [6, 6.07) is 25.7. The fourth-order valence-electron chi connectivity index (χ4n) is 4.78.